The zero-order valence-corrected chi connectivity index (χ0v) is 10.5. The predicted molar refractivity (Wildman–Crippen MR) is 65.6 cm³/mol. The van der Waals surface area contributed by atoms with Crippen LogP contribution in [-0.2, 0) is 14.4 Å². The van der Waals surface area contributed by atoms with E-state index in [-0.39, 0.29) is 12.1 Å². The molecule has 0 bridgehead atoms. The highest BCUT2D eigenvalue weighted by Gasteiger charge is 2.09. The van der Waals surface area contributed by atoms with Crippen LogP contribution in [0.1, 0.15) is 39.0 Å². The van der Waals surface area contributed by atoms with Crippen LogP contribution in [0, 0.1) is 0 Å². The molecule has 2 unspecified atom stereocenters. The molecule has 0 aromatic heterocycles. The van der Waals surface area contributed by atoms with Gasteiger partial charge in [0.25, 0.3) is 0 Å². The van der Waals surface area contributed by atoms with Crippen LogP contribution in [-0.4, -0.2) is 36.9 Å². The Hall–Kier alpha value is -1.86. The summed E-state index contributed by atoms with van der Waals surface area (Å²) in [6.45, 7) is 2.26. The standard InChI is InChI=1S/C12H17N3O3/c1-11(14-9-17)5-6-12(15-10-18)4-2-3-7-13-8-16/h11-12H,2-7H2,1H3. The van der Waals surface area contributed by atoms with Gasteiger partial charge in [0, 0.05) is 0 Å². The third-order valence-corrected chi connectivity index (χ3v) is 2.55. The Balaban J connectivity index is 3.95. The van der Waals surface area contributed by atoms with E-state index in [1.54, 1.807) is 6.08 Å². The van der Waals surface area contributed by atoms with Crippen LogP contribution in [0.3, 0.4) is 0 Å². The van der Waals surface area contributed by atoms with Crippen molar-refractivity contribution in [3.05, 3.63) is 0 Å². The van der Waals surface area contributed by atoms with E-state index in [9.17, 15) is 14.4 Å². The average molecular weight is 251 g/mol. The van der Waals surface area contributed by atoms with Crippen molar-refractivity contribution in [1.29, 1.82) is 0 Å². The molecule has 0 rings (SSSR count). The molecule has 0 aromatic rings. The highest BCUT2D eigenvalue weighted by Crippen LogP contribution is 2.13. The zero-order valence-electron chi connectivity index (χ0n) is 10.5. The largest absolute Gasteiger partial charge is 0.235 e. The van der Waals surface area contributed by atoms with Crippen LogP contribution < -0.4 is 0 Å². The highest BCUT2D eigenvalue weighted by molar-refractivity contribution is 5.34. The number of aliphatic imine (C=N–C) groups is 3. The number of carbonyl (C=O) groups excluding carboxylic acids is 3. The topological polar surface area (TPSA) is 88.3 Å². The average Bonchev–Trinajstić information content (AvgIpc) is 2.36. The Morgan fingerprint density at radius 1 is 0.889 bits per heavy atom. The summed E-state index contributed by atoms with van der Waals surface area (Å²) < 4.78 is 0. The van der Waals surface area contributed by atoms with Gasteiger partial charge >= 0.3 is 0 Å². The number of rotatable bonds is 10. The Bertz CT molecular complexity index is 365. The molecule has 0 heterocycles. The molecule has 6 heteroatoms. The number of isocyanates is 3. The second kappa shape index (κ2) is 11.6. The maximum absolute atomic E-state index is 10.3. The molecule has 2 atom stereocenters. The molecule has 0 amide bonds. The third kappa shape index (κ3) is 9.37. The Morgan fingerprint density at radius 2 is 1.61 bits per heavy atom. The first-order valence-electron chi connectivity index (χ1n) is 5.92. The minimum absolute atomic E-state index is 0.105. The van der Waals surface area contributed by atoms with Gasteiger partial charge in [0.05, 0.1) is 18.6 Å². The van der Waals surface area contributed by atoms with E-state index in [1.807, 2.05) is 6.92 Å². The lowest BCUT2D eigenvalue weighted by molar-refractivity contribution is 0.485. The molecule has 0 saturated carbocycles. The first-order chi connectivity index (χ1) is 8.74. The van der Waals surface area contributed by atoms with Gasteiger partial charge in [-0.15, -0.1) is 0 Å². The summed E-state index contributed by atoms with van der Waals surface area (Å²) in [5.74, 6) is 0. The third-order valence-electron chi connectivity index (χ3n) is 2.55. The van der Waals surface area contributed by atoms with Crippen molar-refractivity contribution in [1.82, 2.24) is 0 Å². The summed E-state index contributed by atoms with van der Waals surface area (Å²) >= 11 is 0. The van der Waals surface area contributed by atoms with E-state index in [0.717, 1.165) is 19.3 Å². The number of unbranched alkanes of at least 4 members (excludes halogenated alkanes) is 1. The molecule has 0 spiro atoms. The molecule has 0 radical (unpaired) electrons. The molecular weight excluding hydrogens is 234 g/mol. The smallest absolute Gasteiger partial charge is 0.211 e. The van der Waals surface area contributed by atoms with Gasteiger partial charge in [-0.05, 0) is 39.0 Å². The number of hydrogen-bond donors (Lipinski definition) is 0. The number of hydrogen-bond acceptors (Lipinski definition) is 6. The van der Waals surface area contributed by atoms with E-state index in [2.05, 4.69) is 15.0 Å². The lowest BCUT2D eigenvalue weighted by Crippen LogP contribution is -2.08. The van der Waals surface area contributed by atoms with E-state index in [1.165, 1.54) is 12.2 Å². The maximum atomic E-state index is 10.3. The van der Waals surface area contributed by atoms with E-state index in [0.29, 0.717) is 19.4 Å². The van der Waals surface area contributed by atoms with Crippen molar-refractivity contribution >= 4 is 18.2 Å². The van der Waals surface area contributed by atoms with Gasteiger partial charge in [-0.25, -0.2) is 29.4 Å². The highest BCUT2D eigenvalue weighted by atomic mass is 16.1. The summed E-state index contributed by atoms with van der Waals surface area (Å²) in [4.78, 5) is 40.9. The Labute approximate surface area is 106 Å². The summed E-state index contributed by atoms with van der Waals surface area (Å²) in [5, 5.41) is 0. The lowest BCUT2D eigenvalue weighted by atomic mass is 10.0. The molecule has 0 aliphatic heterocycles. The summed E-state index contributed by atoms with van der Waals surface area (Å²) in [7, 11) is 0. The van der Waals surface area contributed by atoms with E-state index >= 15 is 0 Å². The maximum Gasteiger partial charge on any atom is 0.235 e. The summed E-state index contributed by atoms with van der Waals surface area (Å²) in [5.41, 5.74) is 0. The Kier molecular flexibility index (Phi) is 10.4. The van der Waals surface area contributed by atoms with Crippen LogP contribution in [0.25, 0.3) is 0 Å². The second-order valence-corrected chi connectivity index (χ2v) is 3.99. The zero-order chi connectivity index (χ0) is 13.6. The molecular formula is C12H17N3O3. The summed E-state index contributed by atoms with van der Waals surface area (Å²) in [6.07, 6.45) is 8.23. The normalized spacial score (nSPS) is 12.5. The van der Waals surface area contributed by atoms with Crippen LogP contribution in [0.4, 0.5) is 0 Å². The molecule has 0 aliphatic carbocycles. The molecule has 98 valence electrons. The lowest BCUT2D eigenvalue weighted by Gasteiger charge is -2.11. The molecule has 0 N–H and O–H groups in total. The van der Waals surface area contributed by atoms with E-state index < -0.39 is 0 Å². The fourth-order valence-corrected chi connectivity index (χ4v) is 1.55. The van der Waals surface area contributed by atoms with Crippen LogP contribution >= 0.6 is 0 Å². The number of nitrogens with zero attached hydrogens (tertiary/aromatic N) is 3. The first kappa shape index (κ1) is 16.1. The summed E-state index contributed by atoms with van der Waals surface area (Å²) in [6, 6.07) is -0.210. The molecule has 0 fully saturated rings. The molecule has 18 heavy (non-hydrogen) atoms. The van der Waals surface area contributed by atoms with Gasteiger partial charge in [-0.3, -0.25) is 0 Å². The molecule has 0 aliphatic rings. The van der Waals surface area contributed by atoms with Crippen molar-refractivity contribution < 1.29 is 14.4 Å². The van der Waals surface area contributed by atoms with Crippen molar-refractivity contribution in [3.8, 4) is 0 Å². The van der Waals surface area contributed by atoms with Gasteiger partial charge < -0.3 is 0 Å². The molecule has 0 aromatic carbocycles. The van der Waals surface area contributed by atoms with Crippen LogP contribution in [0.15, 0.2) is 15.0 Å². The molecule has 0 saturated heterocycles. The minimum Gasteiger partial charge on any atom is -0.211 e. The van der Waals surface area contributed by atoms with Crippen molar-refractivity contribution in [2.45, 2.75) is 51.1 Å². The minimum atomic E-state index is -0.105. The quantitative estimate of drug-likeness (QED) is 0.336. The Morgan fingerprint density at radius 3 is 2.22 bits per heavy atom. The van der Waals surface area contributed by atoms with Crippen molar-refractivity contribution in [2.75, 3.05) is 6.54 Å². The monoisotopic (exact) mass is 251 g/mol. The van der Waals surface area contributed by atoms with Gasteiger partial charge in [-0.2, -0.15) is 0 Å². The fraction of sp³-hybridized carbons (Fsp3) is 0.750. The van der Waals surface area contributed by atoms with Crippen molar-refractivity contribution in [3.63, 3.8) is 0 Å². The van der Waals surface area contributed by atoms with Gasteiger partial charge in [0.1, 0.15) is 0 Å². The molecule has 6 nitrogen and oxygen atoms in total. The SMILES string of the molecule is CC(CCC(CCCCN=C=O)N=C=O)N=C=O. The first-order valence-corrected chi connectivity index (χ1v) is 5.92. The predicted octanol–water partition coefficient (Wildman–Crippen LogP) is 1.70. The van der Waals surface area contributed by atoms with Gasteiger partial charge in [0.15, 0.2) is 0 Å². The fourth-order valence-electron chi connectivity index (χ4n) is 1.55. The van der Waals surface area contributed by atoms with E-state index in [4.69, 9.17) is 0 Å². The van der Waals surface area contributed by atoms with Crippen LogP contribution in [0.5, 0.6) is 0 Å². The van der Waals surface area contributed by atoms with Gasteiger partial charge in [0.2, 0.25) is 18.2 Å². The second-order valence-electron chi connectivity index (χ2n) is 3.99. The van der Waals surface area contributed by atoms with Crippen molar-refractivity contribution in [2.24, 2.45) is 15.0 Å². The van der Waals surface area contributed by atoms with Gasteiger partial charge in [-0.1, -0.05) is 0 Å². The van der Waals surface area contributed by atoms with Crippen LogP contribution in [0.2, 0.25) is 0 Å².